The van der Waals surface area contributed by atoms with E-state index in [1.807, 2.05) is 0 Å². The number of hydrazine groups is 1. The van der Waals surface area contributed by atoms with Crippen LogP contribution in [-0.4, -0.2) is 33.6 Å². The monoisotopic (exact) mass is 152 g/mol. The zero-order chi connectivity index (χ0) is 8.31. The number of halogens is 1. The molecule has 2 atom stereocenters. The van der Waals surface area contributed by atoms with Gasteiger partial charge in [0, 0.05) is 0 Å². The molecule has 0 saturated carbocycles. The third kappa shape index (κ3) is 2.26. The fraction of sp³-hybridized carbons (Fsp3) is 0.750. The van der Waals surface area contributed by atoms with Crippen molar-refractivity contribution in [1.82, 2.24) is 5.23 Å². The highest BCUT2D eigenvalue weighted by Crippen LogP contribution is 2.00. The van der Waals surface area contributed by atoms with E-state index in [9.17, 15) is 9.28 Å². The maximum absolute atomic E-state index is 11.9. The van der Waals surface area contributed by atoms with Crippen molar-refractivity contribution in [1.29, 1.82) is 0 Å². The Morgan fingerprint density at radius 2 is 2.20 bits per heavy atom. The minimum Gasteiger partial charge on any atom is -0.480 e. The van der Waals surface area contributed by atoms with Crippen LogP contribution in [0.1, 0.15) is 6.92 Å². The Kier molecular flexibility index (Phi) is 3.20. The first-order chi connectivity index (χ1) is 4.46. The molecule has 0 aliphatic heterocycles. The van der Waals surface area contributed by atoms with Gasteiger partial charge in [0.2, 0.25) is 0 Å². The van der Waals surface area contributed by atoms with Gasteiger partial charge in [-0.25, -0.2) is 5.84 Å². The van der Waals surface area contributed by atoms with Gasteiger partial charge in [0.15, 0.2) is 6.04 Å². The molecule has 0 unspecified atom stereocenters. The molecule has 0 aromatic heterocycles. The number of carboxylic acid groups (broad SMARTS) is 1. The Bertz CT molecular complexity index is 120. The molecule has 0 aromatic rings. The van der Waals surface area contributed by atoms with E-state index in [4.69, 9.17) is 10.2 Å². The smallest absolute Gasteiger partial charge is 0.327 e. The maximum atomic E-state index is 11.9. The molecule has 0 aliphatic rings. The number of hydrogen-bond donors (Lipinski definition) is 3. The Labute approximate surface area is 56.8 Å². The normalized spacial score (nSPS) is 16.9. The van der Waals surface area contributed by atoms with Gasteiger partial charge in [0.1, 0.15) is 0 Å². The molecule has 0 rings (SSSR count). The summed E-state index contributed by atoms with van der Waals surface area (Å²) >= 11 is 0. The lowest BCUT2D eigenvalue weighted by atomic mass is 10.2. The van der Waals surface area contributed by atoms with Crippen LogP contribution >= 0.6 is 0 Å². The van der Waals surface area contributed by atoms with Crippen LogP contribution in [0.5, 0.6) is 0 Å². The van der Waals surface area contributed by atoms with Crippen LogP contribution < -0.4 is 5.84 Å². The number of aliphatic hydroxyl groups excluding tert-OH is 1. The molecule has 0 heterocycles. The van der Waals surface area contributed by atoms with E-state index in [0.717, 1.165) is 6.92 Å². The highest BCUT2D eigenvalue weighted by atomic mass is 19.2. The van der Waals surface area contributed by atoms with E-state index in [0.29, 0.717) is 0 Å². The summed E-state index contributed by atoms with van der Waals surface area (Å²) in [5.74, 6) is 2.96. The molecule has 0 amide bonds. The van der Waals surface area contributed by atoms with Crippen LogP contribution in [0.15, 0.2) is 0 Å². The maximum Gasteiger partial charge on any atom is 0.327 e. The lowest BCUT2D eigenvalue weighted by Crippen LogP contribution is -2.47. The van der Waals surface area contributed by atoms with Gasteiger partial charge in [-0.1, -0.05) is 5.23 Å². The summed E-state index contributed by atoms with van der Waals surface area (Å²) in [5, 5.41) is 16.3. The van der Waals surface area contributed by atoms with Crippen LogP contribution in [-0.2, 0) is 4.79 Å². The van der Waals surface area contributed by atoms with Crippen LogP contribution in [0.2, 0.25) is 0 Å². The summed E-state index contributed by atoms with van der Waals surface area (Å²) in [6.45, 7) is 1.14. The molecule has 0 radical (unpaired) electrons. The summed E-state index contributed by atoms with van der Waals surface area (Å²) in [6, 6.07) is -1.69. The van der Waals surface area contributed by atoms with Crippen molar-refractivity contribution >= 4 is 5.97 Å². The fourth-order valence-corrected chi connectivity index (χ4v) is 0.518. The Morgan fingerprint density at radius 1 is 1.80 bits per heavy atom. The summed E-state index contributed by atoms with van der Waals surface area (Å²) in [7, 11) is 0. The van der Waals surface area contributed by atoms with Crippen molar-refractivity contribution in [2.24, 2.45) is 5.84 Å². The molecule has 0 aromatic carbocycles. The second-order valence-electron chi connectivity index (χ2n) is 1.87. The van der Waals surface area contributed by atoms with Crippen molar-refractivity contribution in [3.63, 3.8) is 0 Å². The lowest BCUT2D eigenvalue weighted by Gasteiger charge is -2.17. The molecule has 0 aliphatic carbocycles. The summed E-state index contributed by atoms with van der Waals surface area (Å²) in [6.07, 6.45) is -1.34. The van der Waals surface area contributed by atoms with Gasteiger partial charge in [0.25, 0.3) is 0 Å². The standard InChI is InChI=1S/C4H9FN2O3/c1-2(8)3(4(9)10)7(5)6/h2-3,8H,6H2,1H3,(H,9,10)/t2-,3+/m1/s1. The average molecular weight is 152 g/mol. The molecule has 0 saturated heterocycles. The lowest BCUT2D eigenvalue weighted by molar-refractivity contribution is -0.159. The zero-order valence-electron chi connectivity index (χ0n) is 5.36. The third-order valence-electron chi connectivity index (χ3n) is 0.976. The number of rotatable bonds is 3. The number of carbonyl (C=O) groups is 1. The van der Waals surface area contributed by atoms with Crippen molar-refractivity contribution in [2.45, 2.75) is 19.1 Å². The van der Waals surface area contributed by atoms with Gasteiger partial charge in [-0.2, -0.15) is 0 Å². The average Bonchev–Trinajstić information content (AvgIpc) is 1.59. The number of carboxylic acids is 1. The molecular formula is C4H9FN2O3. The zero-order valence-corrected chi connectivity index (χ0v) is 5.36. The topological polar surface area (TPSA) is 86.8 Å². The number of hydrogen-bond acceptors (Lipinski definition) is 4. The SMILES string of the molecule is C[C@@H](O)[C@@H](C(=O)O)N(N)F. The molecule has 4 N–H and O–H groups in total. The number of aliphatic hydroxyl groups is 1. The number of aliphatic carboxylic acids is 1. The van der Waals surface area contributed by atoms with Gasteiger partial charge >= 0.3 is 5.97 Å². The van der Waals surface area contributed by atoms with Crippen LogP contribution in [0.25, 0.3) is 0 Å². The first kappa shape index (κ1) is 9.28. The van der Waals surface area contributed by atoms with Crippen molar-refractivity contribution in [3.8, 4) is 0 Å². The molecule has 0 fully saturated rings. The molecule has 5 nitrogen and oxygen atoms in total. The van der Waals surface area contributed by atoms with Crippen LogP contribution in [0.3, 0.4) is 0 Å². The molecule has 0 spiro atoms. The highest BCUT2D eigenvalue weighted by Gasteiger charge is 2.28. The second-order valence-corrected chi connectivity index (χ2v) is 1.87. The van der Waals surface area contributed by atoms with Gasteiger partial charge in [-0.15, -0.1) is 4.48 Å². The van der Waals surface area contributed by atoms with E-state index in [-0.39, 0.29) is 0 Å². The van der Waals surface area contributed by atoms with Crippen molar-refractivity contribution in [3.05, 3.63) is 0 Å². The molecule has 6 heteroatoms. The quantitative estimate of drug-likeness (QED) is 0.271. The van der Waals surface area contributed by atoms with Crippen molar-refractivity contribution in [2.75, 3.05) is 0 Å². The van der Waals surface area contributed by atoms with Gasteiger partial charge < -0.3 is 10.2 Å². The van der Waals surface area contributed by atoms with E-state index in [1.54, 1.807) is 0 Å². The van der Waals surface area contributed by atoms with Crippen molar-refractivity contribution < 1.29 is 19.5 Å². The molecule has 60 valence electrons. The predicted molar refractivity (Wildman–Crippen MR) is 30.2 cm³/mol. The minimum absolute atomic E-state index is 0.535. The minimum atomic E-state index is -1.69. The second kappa shape index (κ2) is 3.45. The number of nitrogens with two attached hydrogens (primary N) is 1. The first-order valence-corrected chi connectivity index (χ1v) is 2.57. The summed E-state index contributed by atoms with van der Waals surface area (Å²) < 4.78 is 11.9. The molecule has 0 bridgehead atoms. The largest absolute Gasteiger partial charge is 0.480 e. The molecular weight excluding hydrogens is 143 g/mol. The highest BCUT2D eigenvalue weighted by molar-refractivity contribution is 5.73. The molecule has 10 heavy (non-hydrogen) atoms. The van der Waals surface area contributed by atoms with E-state index >= 15 is 0 Å². The van der Waals surface area contributed by atoms with Crippen LogP contribution in [0, 0.1) is 0 Å². The Morgan fingerprint density at radius 3 is 2.20 bits per heavy atom. The van der Waals surface area contributed by atoms with Gasteiger partial charge in [0.05, 0.1) is 6.10 Å². The predicted octanol–water partition coefficient (Wildman–Crippen LogP) is -1.12. The first-order valence-electron chi connectivity index (χ1n) is 2.57. The fourth-order valence-electron chi connectivity index (χ4n) is 0.518. The number of nitrogens with zero attached hydrogens (tertiary/aromatic N) is 1. The summed E-state index contributed by atoms with van der Waals surface area (Å²) in [4.78, 5) is 10.1. The van der Waals surface area contributed by atoms with Crippen LogP contribution in [0.4, 0.5) is 4.48 Å². The Hall–Kier alpha value is -0.720. The van der Waals surface area contributed by atoms with Gasteiger partial charge in [-0.05, 0) is 6.92 Å². The third-order valence-corrected chi connectivity index (χ3v) is 0.976. The van der Waals surface area contributed by atoms with Gasteiger partial charge in [-0.3, -0.25) is 4.79 Å². The van der Waals surface area contributed by atoms with E-state index in [1.165, 1.54) is 0 Å². The Balaban J connectivity index is 4.12. The summed E-state index contributed by atoms with van der Waals surface area (Å²) in [5.41, 5.74) is 0. The van der Waals surface area contributed by atoms with E-state index in [2.05, 4.69) is 5.84 Å². The van der Waals surface area contributed by atoms with E-state index < -0.39 is 23.3 Å².